The molecule has 0 aromatic heterocycles. The lowest BCUT2D eigenvalue weighted by Crippen LogP contribution is -2.49. The zero-order valence-corrected chi connectivity index (χ0v) is 14.0. The van der Waals surface area contributed by atoms with Gasteiger partial charge in [-0.3, -0.25) is 9.69 Å². The Kier molecular flexibility index (Phi) is 6.06. The van der Waals surface area contributed by atoms with E-state index in [1.165, 1.54) is 19.3 Å². The molecule has 0 aromatic carbocycles. The maximum Gasteiger partial charge on any atom is 0.223 e. The number of nitrogens with two attached hydrogens (primary N) is 1. The Labute approximate surface area is 129 Å². The summed E-state index contributed by atoms with van der Waals surface area (Å²) in [5.74, 6) is 1.62. The van der Waals surface area contributed by atoms with Gasteiger partial charge >= 0.3 is 0 Å². The normalized spacial score (nSPS) is 32.5. The summed E-state index contributed by atoms with van der Waals surface area (Å²) in [6, 6.07) is 0.887. The van der Waals surface area contributed by atoms with E-state index in [0.717, 1.165) is 32.5 Å². The van der Waals surface area contributed by atoms with E-state index in [1.54, 1.807) is 0 Å². The number of carbonyl (C=O) groups is 1. The molecule has 2 saturated carbocycles. The summed E-state index contributed by atoms with van der Waals surface area (Å²) in [4.78, 5) is 14.8. The Morgan fingerprint density at radius 3 is 2.43 bits per heavy atom. The fourth-order valence-corrected chi connectivity index (χ4v) is 4.25. The summed E-state index contributed by atoms with van der Waals surface area (Å²) in [6.45, 7) is 9.33. The molecular formula is C17H33N3O. The number of nitrogens with one attached hydrogen (secondary N) is 1. The monoisotopic (exact) mass is 295 g/mol. The van der Waals surface area contributed by atoms with E-state index >= 15 is 0 Å². The van der Waals surface area contributed by atoms with Crippen LogP contribution in [0.4, 0.5) is 0 Å². The first-order chi connectivity index (χ1) is 10.0. The van der Waals surface area contributed by atoms with E-state index in [9.17, 15) is 4.79 Å². The number of fused-ring (bicyclic) bond motifs is 2. The molecule has 4 heteroatoms. The highest BCUT2D eigenvalue weighted by Crippen LogP contribution is 2.41. The van der Waals surface area contributed by atoms with Crippen LogP contribution < -0.4 is 11.1 Å². The highest BCUT2D eigenvalue weighted by molar-refractivity contribution is 5.78. The highest BCUT2D eigenvalue weighted by Gasteiger charge is 2.40. The Bertz CT molecular complexity index is 331. The minimum Gasteiger partial charge on any atom is -0.355 e. The van der Waals surface area contributed by atoms with Gasteiger partial charge in [0.05, 0.1) is 0 Å². The van der Waals surface area contributed by atoms with Gasteiger partial charge in [-0.2, -0.15) is 0 Å². The van der Waals surface area contributed by atoms with Crippen LogP contribution in [0.2, 0.25) is 0 Å². The van der Waals surface area contributed by atoms with Gasteiger partial charge in [-0.05, 0) is 57.9 Å². The molecule has 0 heterocycles. The van der Waals surface area contributed by atoms with Gasteiger partial charge < -0.3 is 11.1 Å². The van der Waals surface area contributed by atoms with Crippen molar-refractivity contribution in [3.05, 3.63) is 0 Å². The molecule has 2 bridgehead atoms. The molecule has 21 heavy (non-hydrogen) atoms. The first-order valence-electron chi connectivity index (χ1n) is 8.80. The molecule has 2 unspecified atom stereocenters. The number of carbonyl (C=O) groups excluding carboxylic acids is 1. The van der Waals surface area contributed by atoms with Crippen LogP contribution in [-0.4, -0.2) is 42.5 Å². The number of hydrogen-bond acceptors (Lipinski definition) is 3. The van der Waals surface area contributed by atoms with Crippen LogP contribution >= 0.6 is 0 Å². The van der Waals surface area contributed by atoms with E-state index in [2.05, 4.69) is 31.0 Å². The lowest BCUT2D eigenvalue weighted by atomic mass is 9.65. The van der Waals surface area contributed by atoms with Crippen molar-refractivity contribution in [1.82, 2.24) is 10.2 Å². The Morgan fingerprint density at radius 2 is 1.90 bits per heavy atom. The first kappa shape index (κ1) is 16.8. The summed E-state index contributed by atoms with van der Waals surface area (Å²) < 4.78 is 0. The molecule has 1 amide bonds. The Morgan fingerprint density at radius 1 is 1.29 bits per heavy atom. The van der Waals surface area contributed by atoms with Crippen molar-refractivity contribution in [3.8, 4) is 0 Å². The number of likely N-dealkylation sites (N-methyl/N-ethyl adjacent to an activating group) is 1. The van der Waals surface area contributed by atoms with Crippen LogP contribution in [0, 0.1) is 17.8 Å². The summed E-state index contributed by atoms with van der Waals surface area (Å²) in [7, 11) is 0. The lowest BCUT2D eigenvalue weighted by Gasteiger charge is -2.43. The minimum atomic E-state index is 0.203. The molecule has 2 aliphatic carbocycles. The topological polar surface area (TPSA) is 58.4 Å². The molecule has 0 radical (unpaired) electrons. The van der Waals surface area contributed by atoms with Crippen LogP contribution in [0.5, 0.6) is 0 Å². The minimum absolute atomic E-state index is 0.203. The van der Waals surface area contributed by atoms with Crippen molar-refractivity contribution in [2.75, 3.05) is 19.6 Å². The molecule has 3 N–H and O–H groups in total. The maximum atomic E-state index is 12.4. The van der Waals surface area contributed by atoms with Gasteiger partial charge in [0.1, 0.15) is 0 Å². The van der Waals surface area contributed by atoms with Gasteiger partial charge in [0.2, 0.25) is 5.91 Å². The van der Waals surface area contributed by atoms with Crippen LogP contribution in [0.25, 0.3) is 0 Å². The molecular weight excluding hydrogens is 262 g/mol. The van der Waals surface area contributed by atoms with Crippen molar-refractivity contribution in [3.63, 3.8) is 0 Å². The number of rotatable bonds is 6. The fourth-order valence-electron chi connectivity index (χ4n) is 4.25. The van der Waals surface area contributed by atoms with E-state index in [1.807, 2.05) is 0 Å². The van der Waals surface area contributed by atoms with Gasteiger partial charge in [0.25, 0.3) is 0 Å². The predicted molar refractivity (Wildman–Crippen MR) is 86.9 cm³/mol. The summed E-state index contributed by atoms with van der Waals surface area (Å²) >= 11 is 0. The Hall–Kier alpha value is -0.610. The standard InChI is InChI=1S/C17H33N3O/c1-4-20(12(2)3)9-8-19-17(21)15-10-13-6-5-7-14(11-15)16(13)18/h12-16H,4-11,18H2,1-3H3,(H,19,21). The molecule has 2 fully saturated rings. The number of amides is 1. The second kappa shape index (κ2) is 7.59. The number of nitrogens with zero attached hydrogens (tertiary/aromatic N) is 1. The van der Waals surface area contributed by atoms with Crippen LogP contribution in [0.1, 0.15) is 52.9 Å². The number of hydrogen-bond donors (Lipinski definition) is 2. The van der Waals surface area contributed by atoms with Crippen LogP contribution in [-0.2, 0) is 4.79 Å². The van der Waals surface area contributed by atoms with Gasteiger partial charge in [-0.15, -0.1) is 0 Å². The first-order valence-corrected chi connectivity index (χ1v) is 8.80. The molecule has 0 spiro atoms. The maximum absolute atomic E-state index is 12.4. The molecule has 0 aromatic rings. The molecule has 2 aliphatic rings. The molecule has 0 aliphatic heterocycles. The molecule has 4 nitrogen and oxygen atoms in total. The summed E-state index contributed by atoms with van der Waals surface area (Å²) in [6.07, 6.45) is 5.75. The fraction of sp³-hybridized carbons (Fsp3) is 0.941. The van der Waals surface area contributed by atoms with Crippen molar-refractivity contribution >= 4 is 5.91 Å². The van der Waals surface area contributed by atoms with Crippen molar-refractivity contribution in [1.29, 1.82) is 0 Å². The van der Waals surface area contributed by atoms with Crippen molar-refractivity contribution < 1.29 is 4.79 Å². The second-order valence-corrected chi connectivity index (χ2v) is 7.21. The lowest BCUT2D eigenvalue weighted by molar-refractivity contribution is -0.128. The average Bonchev–Trinajstić information content (AvgIpc) is 2.42. The zero-order valence-electron chi connectivity index (χ0n) is 14.0. The van der Waals surface area contributed by atoms with Crippen molar-refractivity contribution in [2.24, 2.45) is 23.5 Å². The smallest absolute Gasteiger partial charge is 0.223 e. The van der Waals surface area contributed by atoms with Crippen LogP contribution in [0.3, 0.4) is 0 Å². The third-order valence-corrected chi connectivity index (χ3v) is 5.62. The second-order valence-electron chi connectivity index (χ2n) is 7.21. The quantitative estimate of drug-likeness (QED) is 0.788. The third-order valence-electron chi connectivity index (χ3n) is 5.62. The van der Waals surface area contributed by atoms with E-state index in [0.29, 0.717) is 23.9 Å². The molecule has 122 valence electrons. The van der Waals surface area contributed by atoms with Crippen molar-refractivity contribution in [2.45, 2.75) is 65.0 Å². The zero-order chi connectivity index (χ0) is 15.4. The van der Waals surface area contributed by atoms with Gasteiger partial charge in [0.15, 0.2) is 0 Å². The summed E-state index contributed by atoms with van der Waals surface area (Å²) in [5.41, 5.74) is 6.30. The molecule has 2 rings (SSSR count). The van der Waals surface area contributed by atoms with E-state index in [-0.39, 0.29) is 11.8 Å². The van der Waals surface area contributed by atoms with E-state index in [4.69, 9.17) is 5.73 Å². The van der Waals surface area contributed by atoms with Gasteiger partial charge in [-0.1, -0.05) is 13.3 Å². The SMILES string of the molecule is CCN(CCNC(=O)C1CC2CCCC(C1)C2N)C(C)C. The van der Waals surface area contributed by atoms with E-state index < -0.39 is 0 Å². The largest absolute Gasteiger partial charge is 0.355 e. The predicted octanol–water partition coefficient (Wildman–Crippen LogP) is 1.99. The third kappa shape index (κ3) is 4.19. The summed E-state index contributed by atoms with van der Waals surface area (Å²) in [5, 5.41) is 3.15. The van der Waals surface area contributed by atoms with Gasteiger partial charge in [0, 0.05) is 31.1 Å². The van der Waals surface area contributed by atoms with Crippen LogP contribution in [0.15, 0.2) is 0 Å². The molecule has 2 atom stereocenters. The average molecular weight is 295 g/mol. The highest BCUT2D eigenvalue weighted by atomic mass is 16.1. The Balaban J connectivity index is 1.76. The van der Waals surface area contributed by atoms with Gasteiger partial charge in [-0.25, -0.2) is 0 Å². The molecule has 0 saturated heterocycles.